The third-order valence-electron chi connectivity index (χ3n) is 4.06. The Balaban J connectivity index is 1.96. The van der Waals surface area contributed by atoms with Gasteiger partial charge in [-0.2, -0.15) is 0 Å². The van der Waals surface area contributed by atoms with E-state index >= 15 is 0 Å². The Morgan fingerprint density at radius 1 is 1.28 bits per heavy atom. The number of nitrogens with zero attached hydrogens (tertiary/aromatic N) is 1. The summed E-state index contributed by atoms with van der Waals surface area (Å²) in [6.45, 7) is 9.27. The molecule has 100 valence electrons. The Morgan fingerprint density at radius 3 is 2.67 bits per heavy atom. The highest BCUT2D eigenvalue weighted by molar-refractivity contribution is 5.57. The fourth-order valence-electron chi connectivity index (χ4n) is 2.93. The summed E-state index contributed by atoms with van der Waals surface area (Å²) in [4.78, 5) is 2.53. The maximum absolute atomic E-state index is 3.46. The van der Waals surface area contributed by atoms with Crippen molar-refractivity contribution in [1.82, 2.24) is 5.32 Å². The van der Waals surface area contributed by atoms with E-state index in [-0.39, 0.29) is 0 Å². The van der Waals surface area contributed by atoms with Crippen molar-refractivity contribution in [1.29, 1.82) is 0 Å². The molecule has 0 saturated heterocycles. The first-order chi connectivity index (χ1) is 8.52. The SMILES string of the molecule is CNC(CCN1CCc2ccccc21)C(C)(C)C. The second-order valence-electron chi connectivity index (χ2n) is 6.36. The Kier molecular flexibility index (Phi) is 3.96. The van der Waals surface area contributed by atoms with Gasteiger partial charge in [0.15, 0.2) is 0 Å². The lowest BCUT2D eigenvalue weighted by Crippen LogP contribution is -2.40. The van der Waals surface area contributed by atoms with Crippen LogP contribution in [0.25, 0.3) is 0 Å². The van der Waals surface area contributed by atoms with Crippen LogP contribution in [0, 0.1) is 5.41 Å². The summed E-state index contributed by atoms with van der Waals surface area (Å²) in [6, 6.07) is 9.39. The summed E-state index contributed by atoms with van der Waals surface area (Å²) >= 11 is 0. The molecular formula is C16H26N2. The molecule has 2 rings (SSSR count). The first-order valence-corrected chi connectivity index (χ1v) is 7.02. The minimum atomic E-state index is 0.327. The average Bonchev–Trinajstić information content (AvgIpc) is 2.72. The zero-order valence-corrected chi connectivity index (χ0v) is 12.2. The van der Waals surface area contributed by atoms with Crippen LogP contribution in [0.5, 0.6) is 0 Å². The number of hydrogen-bond donors (Lipinski definition) is 1. The molecule has 0 spiro atoms. The summed E-state index contributed by atoms with van der Waals surface area (Å²) in [6.07, 6.45) is 2.41. The van der Waals surface area contributed by atoms with E-state index in [4.69, 9.17) is 0 Å². The number of benzene rings is 1. The molecule has 1 N–H and O–H groups in total. The summed E-state index contributed by atoms with van der Waals surface area (Å²) in [5.74, 6) is 0. The van der Waals surface area contributed by atoms with Gasteiger partial charge in [0.2, 0.25) is 0 Å². The zero-order valence-electron chi connectivity index (χ0n) is 12.2. The van der Waals surface area contributed by atoms with Gasteiger partial charge in [0.05, 0.1) is 0 Å². The molecule has 1 aromatic rings. The molecule has 1 aliphatic heterocycles. The molecule has 2 nitrogen and oxygen atoms in total. The molecule has 2 heteroatoms. The van der Waals surface area contributed by atoms with Gasteiger partial charge in [0.1, 0.15) is 0 Å². The monoisotopic (exact) mass is 246 g/mol. The summed E-state index contributed by atoms with van der Waals surface area (Å²) in [5.41, 5.74) is 3.28. The van der Waals surface area contributed by atoms with E-state index in [0.29, 0.717) is 11.5 Å². The third kappa shape index (κ3) is 2.86. The molecule has 18 heavy (non-hydrogen) atoms. The zero-order chi connectivity index (χ0) is 13.2. The van der Waals surface area contributed by atoms with Crippen molar-refractivity contribution in [3.8, 4) is 0 Å². The molecule has 1 aromatic carbocycles. The summed E-state index contributed by atoms with van der Waals surface area (Å²) < 4.78 is 0. The lowest BCUT2D eigenvalue weighted by molar-refractivity contribution is 0.269. The molecule has 0 fully saturated rings. The molecular weight excluding hydrogens is 220 g/mol. The van der Waals surface area contributed by atoms with Crippen molar-refractivity contribution in [2.24, 2.45) is 5.41 Å². The van der Waals surface area contributed by atoms with E-state index in [9.17, 15) is 0 Å². The highest BCUT2D eigenvalue weighted by Crippen LogP contribution is 2.29. The molecule has 1 unspecified atom stereocenters. The maximum atomic E-state index is 3.46. The fourth-order valence-corrected chi connectivity index (χ4v) is 2.93. The van der Waals surface area contributed by atoms with E-state index in [1.807, 2.05) is 0 Å². The van der Waals surface area contributed by atoms with Crippen molar-refractivity contribution in [2.45, 2.75) is 39.7 Å². The number of nitrogens with one attached hydrogen (secondary N) is 1. The van der Waals surface area contributed by atoms with E-state index in [1.54, 1.807) is 0 Å². The van der Waals surface area contributed by atoms with Gasteiger partial charge in [0.25, 0.3) is 0 Å². The van der Waals surface area contributed by atoms with Crippen LogP contribution in [0.4, 0.5) is 5.69 Å². The fraction of sp³-hybridized carbons (Fsp3) is 0.625. The Hall–Kier alpha value is -1.02. The van der Waals surface area contributed by atoms with Crippen LogP contribution in [0.15, 0.2) is 24.3 Å². The topological polar surface area (TPSA) is 15.3 Å². The number of anilines is 1. The summed E-state index contributed by atoms with van der Waals surface area (Å²) in [5, 5.41) is 3.46. The van der Waals surface area contributed by atoms with Crippen LogP contribution in [-0.4, -0.2) is 26.2 Å². The van der Waals surface area contributed by atoms with Gasteiger partial charge in [-0.15, -0.1) is 0 Å². The highest BCUT2D eigenvalue weighted by Gasteiger charge is 2.25. The number of rotatable bonds is 4. The molecule has 1 aliphatic rings. The van der Waals surface area contributed by atoms with Gasteiger partial charge >= 0.3 is 0 Å². The average molecular weight is 246 g/mol. The molecule has 0 bridgehead atoms. The van der Waals surface area contributed by atoms with Crippen LogP contribution < -0.4 is 10.2 Å². The lowest BCUT2D eigenvalue weighted by atomic mass is 9.85. The first-order valence-electron chi connectivity index (χ1n) is 7.02. The summed E-state index contributed by atoms with van der Waals surface area (Å²) in [7, 11) is 2.08. The van der Waals surface area contributed by atoms with Gasteiger partial charge in [-0.05, 0) is 36.9 Å². The smallest absolute Gasteiger partial charge is 0.0399 e. The van der Waals surface area contributed by atoms with Crippen molar-refractivity contribution in [3.63, 3.8) is 0 Å². The number of hydrogen-bond acceptors (Lipinski definition) is 2. The molecule has 1 atom stereocenters. The lowest BCUT2D eigenvalue weighted by Gasteiger charge is -2.32. The largest absolute Gasteiger partial charge is 0.371 e. The minimum Gasteiger partial charge on any atom is -0.371 e. The van der Waals surface area contributed by atoms with Crippen molar-refractivity contribution >= 4 is 5.69 Å². The van der Waals surface area contributed by atoms with Crippen LogP contribution in [0.1, 0.15) is 32.8 Å². The van der Waals surface area contributed by atoms with Crippen molar-refractivity contribution in [3.05, 3.63) is 29.8 Å². The van der Waals surface area contributed by atoms with Gasteiger partial charge in [-0.3, -0.25) is 0 Å². The quantitative estimate of drug-likeness (QED) is 0.878. The maximum Gasteiger partial charge on any atom is 0.0399 e. The molecule has 0 radical (unpaired) electrons. The van der Waals surface area contributed by atoms with E-state index in [0.717, 1.165) is 6.54 Å². The third-order valence-corrected chi connectivity index (χ3v) is 4.06. The standard InChI is InChI=1S/C16H26N2/c1-16(2,3)15(17-4)10-12-18-11-9-13-7-5-6-8-14(13)18/h5-8,15,17H,9-12H2,1-4H3. The van der Waals surface area contributed by atoms with Crippen LogP contribution in [0.3, 0.4) is 0 Å². The predicted molar refractivity (Wildman–Crippen MR) is 79.3 cm³/mol. The number of para-hydroxylation sites is 1. The van der Waals surface area contributed by atoms with Gasteiger partial charge in [-0.25, -0.2) is 0 Å². The predicted octanol–water partition coefficient (Wildman–Crippen LogP) is 3.07. The Bertz CT molecular complexity index is 392. The molecule has 0 saturated carbocycles. The Morgan fingerprint density at radius 2 is 2.00 bits per heavy atom. The van der Waals surface area contributed by atoms with Crippen molar-refractivity contribution < 1.29 is 0 Å². The Labute approximate surface area is 111 Å². The molecule has 0 aliphatic carbocycles. The van der Waals surface area contributed by atoms with Gasteiger partial charge in [0, 0.05) is 24.8 Å². The van der Waals surface area contributed by atoms with E-state index in [1.165, 1.54) is 30.6 Å². The van der Waals surface area contributed by atoms with Gasteiger partial charge in [-0.1, -0.05) is 39.0 Å². The van der Waals surface area contributed by atoms with Crippen LogP contribution in [-0.2, 0) is 6.42 Å². The molecule has 0 aromatic heterocycles. The van der Waals surface area contributed by atoms with E-state index in [2.05, 4.69) is 62.3 Å². The minimum absolute atomic E-state index is 0.327. The number of fused-ring (bicyclic) bond motifs is 1. The molecule has 0 amide bonds. The van der Waals surface area contributed by atoms with Crippen molar-refractivity contribution in [2.75, 3.05) is 25.0 Å². The van der Waals surface area contributed by atoms with Crippen LogP contribution >= 0.6 is 0 Å². The second kappa shape index (κ2) is 5.31. The normalized spacial score (nSPS) is 16.8. The molecule has 1 heterocycles. The van der Waals surface area contributed by atoms with E-state index < -0.39 is 0 Å². The van der Waals surface area contributed by atoms with Crippen LogP contribution in [0.2, 0.25) is 0 Å². The highest BCUT2D eigenvalue weighted by atomic mass is 15.1. The second-order valence-corrected chi connectivity index (χ2v) is 6.36. The first kappa shape index (κ1) is 13.4. The van der Waals surface area contributed by atoms with Gasteiger partial charge < -0.3 is 10.2 Å².